The fourth-order valence-electron chi connectivity index (χ4n) is 2.10. The van der Waals surface area contributed by atoms with Crippen LogP contribution in [0, 0.1) is 5.92 Å². The van der Waals surface area contributed by atoms with Crippen molar-refractivity contribution in [2.24, 2.45) is 5.92 Å². The third-order valence-electron chi connectivity index (χ3n) is 3.20. The molecular weight excluding hydrogens is 272 g/mol. The summed E-state index contributed by atoms with van der Waals surface area (Å²) in [6.07, 6.45) is -0.0126. The van der Waals surface area contributed by atoms with E-state index in [1.54, 1.807) is 31.2 Å². The van der Waals surface area contributed by atoms with E-state index in [2.05, 4.69) is 0 Å². The fourth-order valence-corrected chi connectivity index (χ4v) is 2.10. The predicted octanol–water partition coefficient (Wildman–Crippen LogP) is 2.10. The fraction of sp³-hybridized carbons (Fsp3) is 0.312. The first-order valence-electron chi connectivity index (χ1n) is 6.71. The zero-order valence-electron chi connectivity index (χ0n) is 11.9. The van der Waals surface area contributed by atoms with E-state index in [1.807, 2.05) is 6.07 Å². The molecule has 0 amide bonds. The van der Waals surface area contributed by atoms with Crippen molar-refractivity contribution in [3.8, 4) is 0 Å². The number of esters is 1. The highest BCUT2D eigenvalue weighted by Crippen LogP contribution is 2.16. The minimum Gasteiger partial charge on any atom is -0.465 e. The van der Waals surface area contributed by atoms with Crippen LogP contribution in [0.5, 0.6) is 0 Å². The van der Waals surface area contributed by atoms with Gasteiger partial charge in [0.1, 0.15) is 17.3 Å². The molecule has 0 N–H and O–H groups in total. The van der Waals surface area contributed by atoms with Gasteiger partial charge in [0, 0.05) is 10.9 Å². The number of hydrogen-bond donors (Lipinski definition) is 0. The highest BCUT2D eigenvalue weighted by molar-refractivity contribution is 5.98. The number of carbonyl (C=O) groups is 2. The van der Waals surface area contributed by atoms with Crippen LogP contribution in [-0.2, 0) is 20.7 Å². The molecule has 1 aromatic heterocycles. The smallest absolute Gasteiger partial charge is 0.339 e. The number of para-hydroxylation sites is 1. The lowest BCUT2D eigenvalue weighted by Gasteiger charge is -2.12. The zero-order valence-corrected chi connectivity index (χ0v) is 11.9. The molecule has 2 rings (SSSR count). The van der Waals surface area contributed by atoms with Gasteiger partial charge >= 0.3 is 11.6 Å². The van der Waals surface area contributed by atoms with Gasteiger partial charge in [-0.2, -0.15) is 0 Å². The van der Waals surface area contributed by atoms with Gasteiger partial charge in [-0.3, -0.25) is 9.59 Å². The molecule has 2 aromatic rings. The Labute approximate surface area is 121 Å². The molecular formula is C16H16O5. The summed E-state index contributed by atoms with van der Waals surface area (Å²) >= 11 is 0. The number of ketones is 1. The number of fused-ring (bicyclic) bond motifs is 1. The number of carbonyl (C=O) groups excluding carboxylic acids is 2. The van der Waals surface area contributed by atoms with Crippen LogP contribution in [0.15, 0.2) is 39.5 Å². The normalized spacial score (nSPS) is 12.1. The van der Waals surface area contributed by atoms with Crippen molar-refractivity contribution in [3.05, 3.63) is 46.3 Å². The quantitative estimate of drug-likeness (QED) is 0.478. The van der Waals surface area contributed by atoms with E-state index in [-0.39, 0.29) is 18.8 Å². The van der Waals surface area contributed by atoms with E-state index in [4.69, 9.17) is 9.15 Å². The van der Waals surface area contributed by atoms with E-state index in [9.17, 15) is 14.4 Å². The maximum atomic E-state index is 11.9. The van der Waals surface area contributed by atoms with Crippen LogP contribution in [0.25, 0.3) is 11.0 Å². The minimum atomic E-state index is -0.978. The standard InChI is InChI=1S/C16H16O5/c1-3-20-16(19)13(10(2)17)9-12-8-11-6-4-5-7-14(11)21-15(12)18/h4-8,13H,3,9H2,1-2H3. The maximum Gasteiger partial charge on any atom is 0.339 e. The van der Waals surface area contributed by atoms with E-state index in [1.165, 1.54) is 6.92 Å². The molecule has 0 fully saturated rings. The van der Waals surface area contributed by atoms with Crippen molar-refractivity contribution in [3.63, 3.8) is 0 Å². The third-order valence-corrected chi connectivity index (χ3v) is 3.20. The van der Waals surface area contributed by atoms with Gasteiger partial charge in [-0.1, -0.05) is 18.2 Å². The first-order valence-corrected chi connectivity index (χ1v) is 6.71. The Morgan fingerprint density at radius 3 is 2.67 bits per heavy atom. The first-order chi connectivity index (χ1) is 10.0. The molecule has 1 aromatic carbocycles. The molecule has 0 bridgehead atoms. The van der Waals surface area contributed by atoms with Crippen LogP contribution in [0.4, 0.5) is 0 Å². The lowest BCUT2D eigenvalue weighted by Crippen LogP contribution is -2.28. The van der Waals surface area contributed by atoms with Crippen molar-refractivity contribution in [2.75, 3.05) is 6.61 Å². The van der Waals surface area contributed by atoms with Gasteiger partial charge in [-0.05, 0) is 32.4 Å². The van der Waals surface area contributed by atoms with Gasteiger partial charge in [-0.15, -0.1) is 0 Å². The molecule has 0 aliphatic heterocycles. The van der Waals surface area contributed by atoms with Crippen molar-refractivity contribution in [1.82, 2.24) is 0 Å². The highest BCUT2D eigenvalue weighted by Gasteiger charge is 2.26. The molecule has 1 atom stereocenters. The zero-order chi connectivity index (χ0) is 15.4. The van der Waals surface area contributed by atoms with Crippen molar-refractivity contribution in [2.45, 2.75) is 20.3 Å². The molecule has 0 aliphatic rings. The molecule has 1 unspecified atom stereocenters. The van der Waals surface area contributed by atoms with Gasteiger partial charge in [0.05, 0.1) is 6.61 Å². The third kappa shape index (κ3) is 3.37. The molecule has 21 heavy (non-hydrogen) atoms. The molecule has 5 nitrogen and oxygen atoms in total. The Kier molecular flexibility index (Phi) is 4.52. The monoisotopic (exact) mass is 288 g/mol. The minimum absolute atomic E-state index is 0.0126. The van der Waals surface area contributed by atoms with E-state index in [0.717, 1.165) is 5.39 Å². The van der Waals surface area contributed by atoms with E-state index < -0.39 is 17.5 Å². The van der Waals surface area contributed by atoms with Gasteiger partial charge < -0.3 is 9.15 Å². The largest absolute Gasteiger partial charge is 0.465 e. The predicted molar refractivity (Wildman–Crippen MR) is 77.0 cm³/mol. The van der Waals surface area contributed by atoms with Gasteiger partial charge in [-0.25, -0.2) is 4.79 Å². The van der Waals surface area contributed by atoms with Crippen molar-refractivity contribution < 1.29 is 18.7 Å². The Morgan fingerprint density at radius 1 is 1.29 bits per heavy atom. The van der Waals surface area contributed by atoms with Crippen LogP contribution in [0.3, 0.4) is 0 Å². The summed E-state index contributed by atoms with van der Waals surface area (Å²) in [6.45, 7) is 3.17. The summed E-state index contributed by atoms with van der Waals surface area (Å²) in [7, 11) is 0. The lowest BCUT2D eigenvalue weighted by molar-refractivity contribution is -0.151. The topological polar surface area (TPSA) is 73.6 Å². The summed E-state index contributed by atoms with van der Waals surface area (Å²) in [5.74, 6) is -1.92. The maximum absolute atomic E-state index is 11.9. The van der Waals surface area contributed by atoms with Crippen LogP contribution in [0.1, 0.15) is 19.4 Å². The average Bonchev–Trinajstić information content (AvgIpc) is 2.44. The number of hydrogen-bond acceptors (Lipinski definition) is 5. The second kappa shape index (κ2) is 6.35. The lowest BCUT2D eigenvalue weighted by atomic mass is 9.96. The summed E-state index contributed by atoms with van der Waals surface area (Å²) < 4.78 is 10.1. The summed E-state index contributed by atoms with van der Waals surface area (Å²) in [6, 6.07) is 8.72. The molecule has 110 valence electrons. The number of rotatable bonds is 5. The van der Waals surface area contributed by atoms with Crippen LogP contribution in [0.2, 0.25) is 0 Å². The molecule has 5 heteroatoms. The molecule has 0 saturated heterocycles. The molecule has 0 radical (unpaired) electrons. The first kappa shape index (κ1) is 15.0. The summed E-state index contributed by atoms with van der Waals surface area (Å²) in [5, 5.41) is 0.748. The summed E-state index contributed by atoms with van der Waals surface area (Å²) in [5.41, 5.74) is 0.230. The Balaban J connectivity index is 2.36. The van der Waals surface area contributed by atoms with Crippen LogP contribution in [-0.4, -0.2) is 18.4 Å². The average molecular weight is 288 g/mol. The highest BCUT2D eigenvalue weighted by atomic mass is 16.5. The van der Waals surface area contributed by atoms with Crippen molar-refractivity contribution in [1.29, 1.82) is 0 Å². The number of ether oxygens (including phenoxy) is 1. The summed E-state index contributed by atoms with van der Waals surface area (Å²) in [4.78, 5) is 35.3. The molecule has 0 aliphatic carbocycles. The van der Waals surface area contributed by atoms with Crippen LogP contribution < -0.4 is 5.63 Å². The Morgan fingerprint density at radius 2 is 2.00 bits per heavy atom. The van der Waals surface area contributed by atoms with E-state index in [0.29, 0.717) is 11.1 Å². The second-order valence-corrected chi connectivity index (χ2v) is 4.72. The molecule has 0 spiro atoms. The van der Waals surface area contributed by atoms with Gasteiger partial charge in [0.15, 0.2) is 0 Å². The van der Waals surface area contributed by atoms with Gasteiger partial charge in [0.2, 0.25) is 0 Å². The van der Waals surface area contributed by atoms with Crippen LogP contribution >= 0.6 is 0 Å². The van der Waals surface area contributed by atoms with Crippen molar-refractivity contribution >= 4 is 22.7 Å². The molecule has 0 saturated carbocycles. The molecule has 1 heterocycles. The number of benzene rings is 1. The SMILES string of the molecule is CCOC(=O)C(Cc1cc2ccccc2oc1=O)C(C)=O. The second-order valence-electron chi connectivity index (χ2n) is 4.72. The van der Waals surface area contributed by atoms with Gasteiger partial charge in [0.25, 0.3) is 0 Å². The van der Waals surface area contributed by atoms with E-state index >= 15 is 0 Å². The Bertz CT molecular complexity index is 729. The number of Topliss-reactive ketones (excluding diaryl/α,β-unsaturated/α-hetero) is 1. The Hall–Kier alpha value is -2.43.